The minimum Gasteiger partial charge on any atom is -0.490 e. The van der Waals surface area contributed by atoms with E-state index in [1.54, 1.807) is 0 Å². The molecule has 0 aliphatic carbocycles. The van der Waals surface area contributed by atoms with E-state index < -0.39 is 0 Å². The Kier molecular flexibility index (Phi) is 3.78. The van der Waals surface area contributed by atoms with Gasteiger partial charge in [-0.05, 0) is 19.2 Å². The van der Waals surface area contributed by atoms with Gasteiger partial charge in [0.15, 0.2) is 0 Å². The van der Waals surface area contributed by atoms with E-state index in [9.17, 15) is 4.79 Å². The lowest BCUT2D eigenvalue weighted by Crippen LogP contribution is -2.50. The van der Waals surface area contributed by atoms with Crippen molar-refractivity contribution >= 4 is 11.6 Å². The molecule has 1 aromatic rings. The summed E-state index contributed by atoms with van der Waals surface area (Å²) in [6.07, 6.45) is 0. The summed E-state index contributed by atoms with van der Waals surface area (Å²) < 4.78 is 5.62. The van der Waals surface area contributed by atoms with Crippen LogP contribution in [0.1, 0.15) is 0 Å². The quantitative estimate of drug-likeness (QED) is 0.794. The number of carbonyl (C=O) groups excluding carboxylic acids is 1. The fraction of sp³-hybridized carbons (Fsp3) is 0.533. The van der Waals surface area contributed by atoms with E-state index >= 15 is 0 Å². The highest BCUT2D eigenvalue weighted by molar-refractivity contribution is 5.82. The van der Waals surface area contributed by atoms with Gasteiger partial charge in [0.2, 0.25) is 5.91 Å². The molecular weight excluding hydrogens is 254 g/mol. The summed E-state index contributed by atoms with van der Waals surface area (Å²) >= 11 is 0. The summed E-state index contributed by atoms with van der Waals surface area (Å²) in [7, 11) is 2.10. The highest BCUT2D eigenvalue weighted by Gasteiger charge is 2.24. The number of carbonyl (C=O) groups is 1. The van der Waals surface area contributed by atoms with Crippen LogP contribution in [0.25, 0.3) is 0 Å². The molecule has 0 unspecified atom stereocenters. The summed E-state index contributed by atoms with van der Waals surface area (Å²) in [4.78, 5) is 18.8. The average Bonchev–Trinajstić information content (AvgIpc) is 2.48. The van der Waals surface area contributed by atoms with Gasteiger partial charge in [0, 0.05) is 26.2 Å². The first-order chi connectivity index (χ1) is 9.74. The molecule has 20 heavy (non-hydrogen) atoms. The standard InChI is InChI=1S/C15H21N3O2/c1-16-6-8-17(9-7-16)15(19)12-18-10-11-20-14-5-3-2-4-13(14)18/h2-5H,6-12H2,1H3. The van der Waals surface area contributed by atoms with E-state index in [4.69, 9.17) is 4.74 Å². The van der Waals surface area contributed by atoms with Crippen molar-refractivity contribution in [1.82, 2.24) is 9.80 Å². The molecule has 2 aliphatic heterocycles. The summed E-state index contributed by atoms with van der Waals surface area (Å²) in [6.45, 7) is 5.47. The van der Waals surface area contributed by atoms with Crippen molar-refractivity contribution in [2.45, 2.75) is 0 Å². The van der Waals surface area contributed by atoms with E-state index in [2.05, 4.69) is 16.8 Å². The van der Waals surface area contributed by atoms with Crippen LogP contribution in [0.4, 0.5) is 5.69 Å². The molecule has 5 heteroatoms. The van der Waals surface area contributed by atoms with E-state index in [-0.39, 0.29) is 5.91 Å². The summed E-state index contributed by atoms with van der Waals surface area (Å²) in [5.41, 5.74) is 1.03. The second-order valence-electron chi connectivity index (χ2n) is 5.42. The monoisotopic (exact) mass is 275 g/mol. The Hall–Kier alpha value is -1.75. The van der Waals surface area contributed by atoms with Crippen LogP contribution in [-0.2, 0) is 4.79 Å². The Balaban J connectivity index is 1.65. The molecule has 3 rings (SSSR count). The summed E-state index contributed by atoms with van der Waals surface area (Å²) in [5.74, 6) is 1.10. The first-order valence-electron chi connectivity index (χ1n) is 7.17. The lowest BCUT2D eigenvalue weighted by molar-refractivity contribution is -0.131. The molecule has 2 aliphatic rings. The van der Waals surface area contributed by atoms with Gasteiger partial charge in [-0.3, -0.25) is 4.79 Å². The van der Waals surface area contributed by atoms with Crippen molar-refractivity contribution in [2.75, 3.05) is 57.8 Å². The molecule has 1 amide bonds. The van der Waals surface area contributed by atoms with E-state index in [1.165, 1.54) is 0 Å². The predicted molar refractivity (Wildman–Crippen MR) is 78.2 cm³/mol. The summed E-state index contributed by atoms with van der Waals surface area (Å²) in [6, 6.07) is 7.93. The normalized spacial score (nSPS) is 19.4. The van der Waals surface area contributed by atoms with E-state index in [1.807, 2.05) is 29.2 Å². The maximum Gasteiger partial charge on any atom is 0.242 e. The number of para-hydroxylation sites is 2. The molecule has 0 saturated carbocycles. The lowest BCUT2D eigenvalue weighted by Gasteiger charge is -2.36. The molecule has 1 aromatic carbocycles. The first-order valence-corrected chi connectivity index (χ1v) is 7.17. The number of likely N-dealkylation sites (N-methyl/N-ethyl adjacent to an activating group) is 1. The fourth-order valence-electron chi connectivity index (χ4n) is 2.71. The van der Waals surface area contributed by atoms with Crippen LogP contribution in [0.3, 0.4) is 0 Å². The zero-order valence-electron chi connectivity index (χ0n) is 11.9. The minimum atomic E-state index is 0.217. The van der Waals surface area contributed by atoms with Crippen molar-refractivity contribution in [3.63, 3.8) is 0 Å². The van der Waals surface area contributed by atoms with E-state index in [0.717, 1.165) is 44.2 Å². The number of piperazine rings is 1. The van der Waals surface area contributed by atoms with Gasteiger partial charge < -0.3 is 19.4 Å². The second kappa shape index (κ2) is 5.71. The van der Waals surface area contributed by atoms with Crippen molar-refractivity contribution < 1.29 is 9.53 Å². The van der Waals surface area contributed by atoms with Gasteiger partial charge in [0.05, 0.1) is 18.8 Å². The molecule has 0 spiro atoms. The van der Waals surface area contributed by atoms with Gasteiger partial charge in [0.25, 0.3) is 0 Å². The number of benzene rings is 1. The molecule has 0 atom stereocenters. The number of rotatable bonds is 2. The number of hydrogen-bond acceptors (Lipinski definition) is 4. The van der Waals surface area contributed by atoms with E-state index in [0.29, 0.717) is 13.2 Å². The number of hydrogen-bond donors (Lipinski definition) is 0. The van der Waals surface area contributed by atoms with Crippen LogP contribution in [-0.4, -0.2) is 68.6 Å². The molecule has 0 bridgehead atoms. The molecule has 1 saturated heterocycles. The number of anilines is 1. The number of amides is 1. The smallest absolute Gasteiger partial charge is 0.242 e. The molecule has 0 radical (unpaired) electrons. The minimum absolute atomic E-state index is 0.217. The van der Waals surface area contributed by atoms with Crippen LogP contribution in [0, 0.1) is 0 Å². The Bertz CT molecular complexity index is 484. The van der Waals surface area contributed by atoms with Crippen molar-refractivity contribution in [3.8, 4) is 5.75 Å². The van der Waals surface area contributed by atoms with Gasteiger partial charge in [-0.2, -0.15) is 0 Å². The van der Waals surface area contributed by atoms with Crippen LogP contribution in [0.2, 0.25) is 0 Å². The van der Waals surface area contributed by atoms with Crippen molar-refractivity contribution in [1.29, 1.82) is 0 Å². The number of nitrogens with zero attached hydrogens (tertiary/aromatic N) is 3. The van der Waals surface area contributed by atoms with Gasteiger partial charge in [0.1, 0.15) is 12.4 Å². The molecule has 0 aromatic heterocycles. The maximum atomic E-state index is 12.4. The van der Waals surface area contributed by atoms with Gasteiger partial charge in [-0.25, -0.2) is 0 Å². The third kappa shape index (κ3) is 2.72. The van der Waals surface area contributed by atoms with Crippen molar-refractivity contribution in [2.24, 2.45) is 0 Å². The molecule has 1 fully saturated rings. The third-order valence-electron chi connectivity index (χ3n) is 4.01. The van der Waals surface area contributed by atoms with Gasteiger partial charge in [-0.1, -0.05) is 12.1 Å². The maximum absolute atomic E-state index is 12.4. The molecule has 2 heterocycles. The largest absolute Gasteiger partial charge is 0.490 e. The number of ether oxygens (including phenoxy) is 1. The molecular formula is C15H21N3O2. The van der Waals surface area contributed by atoms with Crippen LogP contribution < -0.4 is 9.64 Å². The average molecular weight is 275 g/mol. The number of fused-ring (bicyclic) bond motifs is 1. The van der Waals surface area contributed by atoms with Gasteiger partial charge in [-0.15, -0.1) is 0 Å². The fourth-order valence-corrected chi connectivity index (χ4v) is 2.71. The molecule has 5 nitrogen and oxygen atoms in total. The highest BCUT2D eigenvalue weighted by atomic mass is 16.5. The zero-order valence-corrected chi connectivity index (χ0v) is 11.9. The Labute approximate surface area is 119 Å². The van der Waals surface area contributed by atoms with Crippen LogP contribution in [0.5, 0.6) is 5.75 Å². The third-order valence-corrected chi connectivity index (χ3v) is 4.01. The van der Waals surface area contributed by atoms with Crippen LogP contribution in [0.15, 0.2) is 24.3 Å². The SMILES string of the molecule is CN1CCN(C(=O)CN2CCOc3ccccc32)CC1. The molecule has 108 valence electrons. The topological polar surface area (TPSA) is 36.0 Å². The van der Waals surface area contributed by atoms with Crippen LogP contribution >= 0.6 is 0 Å². The lowest BCUT2D eigenvalue weighted by atomic mass is 10.2. The van der Waals surface area contributed by atoms with Crippen molar-refractivity contribution in [3.05, 3.63) is 24.3 Å². The zero-order chi connectivity index (χ0) is 13.9. The Morgan fingerprint density at radius 2 is 1.90 bits per heavy atom. The second-order valence-corrected chi connectivity index (χ2v) is 5.42. The van der Waals surface area contributed by atoms with Gasteiger partial charge >= 0.3 is 0 Å². The molecule has 0 N–H and O–H groups in total. The highest BCUT2D eigenvalue weighted by Crippen LogP contribution is 2.30. The predicted octanol–water partition coefficient (Wildman–Crippen LogP) is 0.659. The summed E-state index contributed by atoms with van der Waals surface area (Å²) in [5, 5.41) is 0. The Morgan fingerprint density at radius 1 is 1.15 bits per heavy atom. The first kappa shape index (κ1) is 13.2. The Morgan fingerprint density at radius 3 is 2.70 bits per heavy atom.